The molecule has 1 heterocycles. The Balaban J connectivity index is 2.43. The van der Waals surface area contributed by atoms with E-state index < -0.39 is 0 Å². The van der Waals surface area contributed by atoms with Crippen molar-refractivity contribution < 1.29 is 4.42 Å². The van der Waals surface area contributed by atoms with E-state index in [1.807, 2.05) is 12.1 Å². The Bertz CT molecular complexity index is 825. The monoisotopic (exact) mass is 326 g/mol. The van der Waals surface area contributed by atoms with E-state index in [-0.39, 0.29) is 5.41 Å². The van der Waals surface area contributed by atoms with E-state index in [2.05, 4.69) is 32.9 Å². The van der Waals surface area contributed by atoms with Gasteiger partial charge < -0.3 is 4.42 Å². The Kier molecular flexibility index (Phi) is 3.20. The van der Waals surface area contributed by atoms with E-state index in [0.717, 1.165) is 16.4 Å². The van der Waals surface area contributed by atoms with Gasteiger partial charge in [-0.15, -0.1) is 0 Å². The summed E-state index contributed by atoms with van der Waals surface area (Å²) in [5.41, 5.74) is 2.67. The van der Waals surface area contributed by atoms with E-state index in [0.29, 0.717) is 20.7 Å². The Labute approximate surface area is 132 Å². The highest BCUT2D eigenvalue weighted by molar-refractivity contribution is 6.50. The maximum absolute atomic E-state index is 6.22. The molecule has 0 unspecified atom stereocenters. The van der Waals surface area contributed by atoms with E-state index in [9.17, 15) is 0 Å². The van der Waals surface area contributed by atoms with Crippen molar-refractivity contribution in [3.63, 3.8) is 0 Å². The second kappa shape index (κ2) is 4.56. The van der Waals surface area contributed by atoms with Crippen molar-refractivity contribution in [3.05, 3.63) is 44.9 Å². The van der Waals surface area contributed by atoms with Gasteiger partial charge in [-0.25, -0.2) is 0 Å². The number of furan rings is 1. The van der Waals surface area contributed by atoms with Crippen molar-refractivity contribution in [1.82, 2.24) is 0 Å². The van der Waals surface area contributed by atoms with Gasteiger partial charge in [0.15, 0.2) is 5.58 Å². The summed E-state index contributed by atoms with van der Waals surface area (Å²) >= 11 is 18.4. The fourth-order valence-electron chi connectivity index (χ4n) is 2.28. The van der Waals surface area contributed by atoms with E-state index in [1.54, 1.807) is 0 Å². The molecule has 0 radical (unpaired) electrons. The quantitative estimate of drug-likeness (QED) is 0.412. The number of benzene rings is 2. The first-order valence-corrected chi connectivity index (χ1v) is 7.42. The highest BCUT2D eigenvalue weighted by Crippen LogP contribution is 2.42. The molecule has 0 saturated carbocycles. The second-order valence-corrected chi connectivity index (χ2v) is 7.09. The fraction of sp³-hybridized carbons (Fsp3) is 0.250. The predicted molar refractivity (Wildman–Crippen MR) is 87.5 cm³/mol. The van der Waals surface area contributed by atoms with Crippen molar-refractivity contribution in [1.29, 1.82) is 0 Å². The lowest BCUT2D eigenvalue weighted by atomic mass is 9.86. The molecule has 0 aliphatic rings. The Hall–Kier alpha value is -0.890. The summed E-state index contributed by atoms with van der Waals surface area (Å²) in [6.07, 6.45) is 0. The van der Waals surface area contributed by atoms with Gasteiger partial charge in [0, 0.05) is 10.8 Å². The molecular weight excluding hydrogens is 315 g/mol. The number of fused-ring (bicyclic) bond motifs is 3. The SMILES string of the molecule is CC(C)(C)c1ccc2oc3c(Cl)c(Cl)c(Cl)cc3c2c1. The summed E-state index contributed by atoms with van der Waals surface area (Å²) < 4.78 is 5.81. The van der Waals surface area contributed by atoms with Crippen LogP contribution in [-0.2, 0) is 5.41 Å². The Morgan fingerprint density at radius 2 is 1.60 bits per heavy atom. The summed E-state index contributed by atoms with van der Waals surface area (Å²) in [5, 5.41) is 3.03. The maximum atomic E-state index is 6.22. The van der Waals surface area contributed by atoms with Crippen LogP contribution in [0.3, 0.4) is 0 Å². The molecule has 0 aliphatic heterocycles. The van der Waals surface area contributed by atoms with Crippen molar-refractivity contribution >= 4 is 56.7 Å². The second-order valence-electron chi connectivity index (χ2n) is 5.93. The molecule has 0 amide bonds. The van der Waals surface area contributed by atoms with Gasteiger partial charge in [-0.2, -0.15) is 0 Å². The summed E-state index contributed by atoms with van der Waals surface area (Å²) in [4.78, 5) is 0. The first-order valence-electron chi connectivity index (χ1n) is 6.29. The smallest absolute Gasteiger partial charge is 0.155 e. The zero-order chi connectivity index (χ0) is 14.7. The lowest BCUT2D eigenvalue weighted by molar-refractivity contribution is 0.590. The van der Waals surface area contributed by atoms with Gasteiger partial charge in [0.1, 0.15) is 10.6 Å². The molecular formula is C16H13Cl3O. The molecule has 0 N–H and O–H groups in total. The van der Waals surface area contributed by atoms with Crippen molar-refractivity contribution in [2.24, 2.45) is 0 Å². The zero-order valence-corrected chi connectivity index (χ0v) is 13.6. The maximum Gasteiger partial charge on any atom is 0.155 e. The lowest BCUT2D eigenvalue weighted by Gasteiger charge is -2.18. The predicted octanol–water partition coefficient (Wildman–Crippen LogP) is 6.84. The number of rotatable bonds is 0. The molecule has 1 nitrogen and oxygen atoms in total. The first kappa shape index (κ1) is 14.1. The van der Waals surface area contributed by atoms with Crippen LogP contribution in [0.2, 0.25) is 15.1 Å². The van der Waals surface area contributed by atoms with Crippen LogP contribution in [-0.4, -0.2) is 0 Å². The molecule has 0 spiro atoms. The van der Waals surface area contributed by atoms with Gasteiger partial charge in [0.25, 0.3) is 0 Å². The van der Waals surface area contributed by atoms with Gasteiger partial charge >= 0.3 is 0 Å². The molecule has 0 fully saturated rings. The van der Waals surface area contributed by atoms with Crippen LogP contribution < -0.4 is 0 Å². The van der Waals surface area contributed by atoms with Gasteiger partial charge in [-0.05, 0) is 29.2 Å². The molecule has 20 heavy (non-hydrogen) atoms. The molecule has 3 rings (SSSR count). The number of hydrogen-bond donors (Lipinski definition) is 0. The first-order chi connectivity index (χ1) is 9.29. The van der Waals surface area contributed by atoms with Crippen molar-refractivity contribution in [2.75, 3.05) is 0 Å². The zero-order valence-electron chi connectivity index (χ0n) is 11.4. The Morgan fingerprint density at radius 1 is 0.900 bits per heavy atom. The van der Waals surface area contributed by atoms with Crippen LogP contribution >= 0.6 is 34.8 Å². The molecule has 3 aromatic rings. The van der Waals surface area contributed by atoms with E-state index >= 15 is 0 Å². The molecule has 4 heteroatoms. The third kappa shape index (κ3) is 2.09. The van der Waals surface area contributed by atoms with E-state index in [1.165, 1.54) is 5.56 Å². The van der Waals surface area contributed by atoms with Crippen LogP contribution in [0, 0.1) is 0 Å². The number of hydrogen-bond acceptors (Lipinski definition) is 1. The fourth-order valence-corrected chi connectivity index (χ4v) is 2.92. The summed E-state index contributed by atoms with van der Waals surface area (Å²) in [6.45, 7) is 6.52. The molecule has 104 valence electrons. The third-order valence-electron chi connectivity index (χ3n) is 3.47. The molecule has 0 aliphatic carbocycles. The van der Waals surface area contributed by atoms with Crippen LogP contribution in [0.4, 0.5) is 0 Å². The summed E-state index contributed by atoms with van der Waals surface area (Å²) in [5.74, 6) is 0. The molecule has 0 atom stereocenters. The largest absolute Gasteiger partial charge is 0.454 e. The van der Waals surface area contributed by atoms with Crippen LogP contribution in [0.5, 0.6) is 0 Å². The van der Waals surface area contributed by atoms with Crippen LogP contribution in [0.15, 0.2) is 28.7 Å². The van der Waals surface area contributed by atoms with Crippen molar-refractivity contribution in [3.8, 4) is 0 Å². The Morgan fingerprint density at radius 3 is 2.25 bits per heavy atom. The molecule has 0 bridgehead atoms. The third-order valence-corrected chi connectivity index (χ3v) is 4.71. The summed E-state index contributed by atoms with van der Waals surface area (Å²) in [6, 6.07) is 7.97. The van der Waals surface area contributed by atoms with Crippen LogP contribution in [0.25, 0.3) is 21.9 Å². The van der Waals surface area contributed by atoms with Gasteiger partial charge in [0.05, 0.1) is 10.0 Å². The average molecular weight is 328 g/mol. The normalized spacial score (nSPS) is 12.5. The molecule has 2 aromatic carbocycles. The lowest BCUT2D eigenvalue weighted by Crippen LogP contribution is -2.10. The van der Waals surface area contributed by atoms with Gasteiger partial charge in [0.2, 0.25) is 0 Å². The molecule has 0 saturated heterocycles. The minimum Gasteiger partial charge on any atom is -0.454 e. The summed E-state index contributed by atoms with van der Waals surface area (Å²) in [7, 11) is 0. The molecule has 1 aromatic heterocycles. The van der Waals surface area contributed by atoms with Crippen molar-refractivity contribution in [2.45, 2.75) is 26.2 Å². The standard InChI is InChI=1S/C16H13Cl3O/c1-16(2,3)8-4-5-12-9(6-8)10-7-11(17)13(18)14(19)15(10)20-12/h4-7H,1-3H3. The average Bonchev–Trinajstić information content (AvgIpc) is 2.73. The van der Waals surface area contributed by atoms with Crippen LogP contribution in [0.1, 0.15) is 26.3 Å². The number of halogens is 3. The highest BCUT2D eigenvalue weighted by Gasteiger charge is 2.19. The van der Waals surface area contributed by atoms with E-state index in [4.69, 9.17) is 39.2 Å². The highest BCUT2D eigenvalue weighted by atomic mass is 35.5. The minimum absolute atomic E-state index is 0.0673. The topological polar surface area (TPSA) is 13.1 Å². The van der Waals surface area contributed by atoms with Gasteiger partial charge in [-0.3, -0.25) is 0 Å². The minimum atomic E-state index is 0.0673. The van der Waals surface area contributed by atoms with Gasteiger partial charge in [-0.1, -0.05) is 61.6 Å².